The summed E-state index contributed by atoms with van der Waals surface area (Å²) in [6.45, 7) is 1.83. The summed E-state index contributed by atoms with van der Waals surface area (Å²) in [6, 6.07) is 9.76. The second kappa shape index (κ2) is 5.25. The summed E-state index contributed by atoms with van der Waals surface area (Å²) in [6.07, 6.45) is 1.46. The Morgan fingerprint density at radius 2 is 1.89 bits per heavy atom. The fraction of sp³-hybridized carbons (Fsp3) is 0.0833. The summed E-state index contributed by atoms with van der Waals surface area (Å²) in [7, 11) is -3.70. The largest absolute Gasteiger partial charge is 0.323 e. The summed E-state index contributed by atoms with van der Waals surface area (Å²) < 4.78 is 26.9. The second-order valence-electron chi connectivity index (χ2n) is 3.93. The Hall–Kier alpha value is -2.12. The van der Waals surface area contributed by atoms with Gasteiger partial charge in [0.25, 0.3) is 10.0 Å². The number of hydrazine groups is 1. The number of benzene rings is 1. The first-order valence-electron chi connectivity index (χ1n) is 5.54. The van der Waals surface area contributed by atoms with Crippen molar-refractivity contribution >= 4 is 21.4 Å². The lowest BCUT2D eigenvalue weighted by Crippen LogP contribution is -2.17. The van der Waals surface area contributed by atoms with E-state index in [-0.39, 0.29) is 4.90 Å². The van der Waals surface area contributed by atoms with Gasteiger partial charge in [0.1, 0.15) is 4.90 Å². The first-order valence-corrected chi connectivity index (χ1v) is 7.02. The van der Waals surface area contributed by atoms with Crippen molar-refractivity contribution in [2.45, 2.75) is 11.8 Å². The van der Waals surface area contributed by atoms with E-state index in [0.29, 0.717) is 11.4 Å². The Balaban J connectivity index is 2.35. The fourth-order valence-electron chi connectivity index (χ4n) is 1.56. The van der Waals surface area contributed by atoms with Gasteiger partial charge in [0.2, 0.25) is 0 Å². The van der Waals surface area contributed by atoms with Gasteiger partial charge in [0.05, 0.1) is 17.6 Å². The van der Waals surface area contributed by atoms with E-state index in [9.17, 15) is 8.42 Å². The monoisotopic (exact) mass is 278 g/mol. The van der Waals surface area contributed by atoms with Crippen molar-refractivity contribution in [1.82, 2.24) is 4.98 Å². The molecule has 0 saturated carbocycles. The maximum Gasteiger partial charge on any atom is 0.264 e. The summed E-state index contributed by atoms with van der Waals surface area (Å²) in [5.41, 5.74) is 3.90. The molecule has 19 heavy (non-hydrogen) atoms. The third kappa shape index (κ3) is 3.01. The minimum absolute atomic E-state index is 0.0816. The molecule has 0 aliphatic heterocycles. The number of hydrogen-bond acceptors (Lipinski definition) is 5. The molecule has 0 aliphatic carbocycles. The summed E-state index contributed by atoms with van der Waals surface area (Å²) in [4.78, 5) is 4.11. The van der Waals surface area contributed by atoms with E-state index in [1.165, 1.54) is 12.3 Å². The van der Waals surface area contributed by atoms with Crippen molar-refractivity contribution in [3.8, 4) is 0 Å². The number of aromatic nitrogens is 1. The zero-order valence-electron chi connectivity index (χ0n) is 10.3. The number of rotatable bonds is 4. The first kappa shape index (κ1) is 13.3. The van der Waals surface area contributed by atoms with Crippen LogP contribution in [0.25, 0.3) is 0 Å². The maximum atomic E-state index is 12.2. The molecule has 0 aliphatic rings. The lowest BCUT2D eigenvalue weighted by atomic mass is 10.3. The molecule has 2 aromatic rings. The smallest absolute Gasteiger partial charge is 0.264 e. The third-order valence-corrected chi connectivity index (χ3v) is 3.94. The van der Waals surface area contributed by atoms with E-state index in [4.69, 9.17) is 5.84 Å². The third-order valence-electron chi connectivity index (χ3n) is 2.50. The molecule has 2 rings (SSSR count). The van der Waals surface area contributed by atoms with E-state index in [2.05, 4.69) is 15.1 Å². The number of aryl methyl sites for hydroxylation is 1. The van der Waals surface area contributed by atoms with Gasteiger partial charge in [0, 0.05) is 5.69 Å². The highest BCUT2D eigenvalue weighted by atomic mass is 32.2. The maximum absolute atomic E-state index is 12.2. The Morgan fingerprint density at radius 1 is 1.16 bits per heavy atom. The van der Waals surface area contributed by atoms with Crippen LogP contribution in [-0.4, -0.2) is 13.4 Å². The molecule has 0 fully saturated rings. The average molecular weight is 278 g/mol. The van der Waals surface area contributed by atoms with Gasteiger partial charge >= 0.3 is 0 Å². The molecule has 0 spiro atoms. The Kier molecular flexibility index (Phi) is 3.68. The number of para-hydroxylation sites is 1. The molecule has 0 radical (unpaired) electrons. The molecule has 6 nitrogen and oxygen atoms in total. The van der Waals surface area contributed by atoms with Crippen LogP contribution in [0, 0.1) is 6.92 Å². The molecule has 0 unspecified atom stereocenters. The normalized spacial score (nSPS) is 11.1. The van der Waals surface area contributed by atoms with E-state index >= 15 is 0 Å². The highest BCUT2D eigenvalue weighted by Crippen LogP contribution is 2.22. The minimum atomic E-state index is -3.70. The number of hydrogen-bond donors (Lipinski definition) is 3. The molecular formula is C12H14N4O2S. The summed E-state index contributed by atoms with van der Waals surface area (Å²) in [5.74, 6) is 5.31. The number of pyridine rings is 1. The SMILES string of the molecule is Cc1ccc(NS(=O)(=O)c2ccccc2NN)cn1. The Labute approximate surface area is 111 Å². The fourth-order valence-corrected chi connectivity index (χ4v) is 2.77. The predicted octanol–water partition coefficient (Wildman–Crippen LogP) is 1.48. The second-order valence-corrected chi connectivity index (χ2v) is 5.59. The van der Waals surface area contributed by atoms with Crippen LogP contribution in [-0.2, 0) is 10.0 Å². The molecule has 0 saturated heterocycles. The first-order chi connectivity index (χ1) is 9.03. The molecular weight excluding hydrogens is 264 g/mol. The number of nitrogens with two attached hydrogens (primary N) is 1. The predicted molar refractivity (Wildman–Crippen MR) is 74.0 cm³/mol. The number of nitrogen functional groups attached to an aromatic ring is 1. The topological polar surface area (TPSA) is 97.1 Å². The number of anilines is 2. The van der Waals surface area contributed by atoms with Gasteiger partial charge in [-0.25, -0.2) is 8.42 Å². The molecule has 0 amide bonds. The van der Waals surface area contributed by atoms with Crippen LogP contribution in [0.4, 0.5) is 11.4 Å². The van der Waals surface area contributed by atoms with Gasteiger partial charge in [-0.2, -0.15) is 0 Å². The molecule has 1 aromatic carbocycles. The molecule has 100 valence electrons. The highest BCUT2D eigenvalue weighted by molar-refractivity contribution is 7.92. The molecule has 1 aromatic heterocycles. The minimum Gasteiger partial charge on any atom is -0.323 e. The van der Waals surface area contributed by atoms with Gasteiger partial charge in [-0.1, -0.05) is 12.1 Å². The van der Waals surface area contributed by atoms with Crippen molar-refractivity contribution < 1.29 is 8.42 Å². The average Bonchev–Trinajstić information content (AvgIpc) is 2.41. The van der Waals surface area contributed by atoms with Crippen molar-refractivity contribution in [1.29, 1.82) is 0 Å². The van der Waals surface area contributed by atoms with Gasteiger partial charge in [-0.3, -0.25) is 15.5 Å². The van der Waals surface area contributed by atoms with Crippen LogP contribution in [0.1, 0.15) is 5.69 Å². The van der Waals surface area contributed by atoms with Gasteiger partial charge in [-0.15, -0.1) is 0 Å². The number of sulfonamides is 1. The highest BCUT2D eigenvalue weighted by Gasteiger charge is 2.17. The van der Waals surface area contributed by atoms with E-state index in [1.807, 2.05) is 6.92 Å². The summed E-state index contributed by atoms with van der Waals surface area (Å²) in [5, 5.41) is 0. The van der Waals surface area contributed by atoms with E-state index in [0.717, 1.165) is 5.69 Å². The zero-order valence-corrected chi connectivity index (χ0v) is 11.1. The van der Waals surface area contributed by atoms with Gasteiger partial charge in [-0.05, 0) is 31.2 Å². The lowest BCUT2D eigenvalue weighted by molar-refractivity contribution is 0.601. The van der Waals surface area contributed by atoms with Gasteiger partial charge < -0.3 is 5.43 Å². The summed E-state index contributed by atoms with van der Waals surface area (Å²) >= 11 is 0. The molecule has 0 atom stereocenters. The van der Waals surface area contributed by atoms with Crippen molar-refractivity contribution in [2.75, 3.05) is 10.1 Å². The van der Waals surface area contributed by atoms with Gasteiger partial charge in [0.15, 0.2) is 0 Å². The molecule has 7 heteroatoms. The van der Waals surface area contributed by atoms with Crippen LogP contribution < -0.4 is 16.0 Å². The quantitative estimate of drug-likeness (QED) is 0.581. The van der Waals surface area contributed by atoms with E-state index < -0.39 is 10.0 Å². The molecule has 4 N–H and O–H groups in total. The Morgan fingerprint density at radius 3 is 2.53 bits per heavy atom. The van der Waals surface area contributed by atoms with Crippen molar-refractivity contribution in [2.24, 2.45) is 5.84 Å². The lowest BCUT2D eigenvalue weighted by Gasteiger charge is -2.11. The van der Waals surface area contributed by atoms with Crippen molar-refractivity contribution in [3.63, 3.8) is 0 Å². The number of nitrogens with zero attached hydrogens (tertiary/aromatic N) is 1. The standard InChI is InChI=1S/C12H14N4O2S/c1-9-6-7-10(8-14-9)16-19(17,18)12-5-3-2-4-11(12)15-13/h2-8,15-16H,13H2,1H3. The van der Waals surface area contributed by atoms with E-state index in [1.54, 1.807) is 30.3 Å². The molecule has 1 heterocycles. The van der Waals surface area contributed by atoms with Crippen LogP contribution >= 0.6 is 0 Å². The number of nitrogens with one attached hydrogen (secondary N) is 2. The van der Waals surface area contributed by atoms with Crippen LogP contribution in [0.15, 0.2) is 47.5 Å². The van der Waals surface area contributed by atoms with Crippen LogP contribution in [0.5, 0.6) is 0 Å². The van der Waals surface area contributed by atoms with Crippen molar-refractivity contribution in [3.05, 3.63) is 48.3 Å². The molecule has 0 bridgehead atoms. The van der Waals surface area contributed by atoms with Crippen LogP contribution in [0.2, 0.25) is 0 Å². The Bertz CT molecular complexity index is 668. The zero-order chi connectivity index (χ0) is 13.9. The van der Waals surface area contributed by atoms with Crippen LogP contribution in [0.3, 0.4) is 0 Å².